The van der Waals surface area contributed by atoms with Gasteiger partial charge in [-0.25, -0.2) is 9.78 Å². The summed E-state index contributed by atoms with van der Waals surface area (Å²) in [5.41, 5.74) is 8.81. The van der Waals surface area contributed by atoms with E-state index in [-0.39, 0.29) is 12.1 Å². The van der Waals surface area contributed by atoms with Crippen LogP contribution >= 0.6 is 32.1 Å². The summed E-state index contributed by atoms with van der Waals surface area (Å²) in [6, 6.07) is 31.7. The number of likely N-dealkylation sites (tertiary alicyclic amines) is 1. The number of imidazole rings is 1. The average Bonchev–Trinajstić information content (AvgIpc) is 3.36. The quantitative estimate of drug-likeness (QED) is 0.142. The Balaban J connectivity index is 1.22. The second-order valence-electron chi connectivity index (χ2n) is 11.8. The lowest BCUT2D eigenvalue weighted by atomic mass is 9.88. The fourth-order valence-corrected chi connectivity index (χ4v) is 7.69. The van der Waals surface area contributed by atoms with Gasteiger partial charge in [0, 0.05) is 7.05 Å². The summed E-state index contributed by atoms with van der Waals surface area (Å²) in [4.78, 5) is 25.4. The first-order valence-electron chi connectivity index (χ1n) is 14.8. The first-order valence-corrected chi connectivity index (χ1v) is 16.4. The number of fused-ring (bicyclic) bond motifs is 2. The van der Waals surface area contributed by atoms with E-state index in [0.717, 1.165) is 57.6 Å². The Kier molecular flexibility index (Phi) is 7.74. The lowest BCUT2D eigenvalue weighted by molar-refractivity contribution is 0.182. The molecular weight excluding hydrogens is 664 g/mol. The lowest BCUT2D eigenvalue weighted by Crippen LogP contribution is -2.47. The van der Waals surface area contributed by atoms with E-state index in [1.54, 1.807) is 4.90 Å². The number of para-hydroxylation sites is 2. The van der Waals surface area contributed by atoms with Crippen molar-refractivity contribution >= 4 is 60.2 Å². The third kappa shape index (κ3) is 5.36. The first-order chi connectivity index (χ1) is 20.9. The molecule has 3 heterocycles. The molecule has 0 saturated carbocycles. The monoisotopic (exact) mass is 699 g/mol. The molecule has 6 nitrogen and oxygen atoms in total. The van der Waals surface area contributed by atoms with Gasteiger partial charge in [0.15, 0.2) is 0 Å². The van der Waals surface area contributed by atoms with E-state index in [0.29, 0.717) is 12.5 Å². The van der Waals surface area contributed by atoms with Gasteiger partial charge in [-0.3, -0.25) is 7.68 Å². The van der Waals surface area contributed by atoms with E-state index < -0.39 is 0 Å². The van der Waals surface area contributed by atoms with Crippen molar-refractivity contribution in [1.82, 2.24) is 17.6 Å². The van der Waals surface area contributed by atoms with Crippen molar-refractivity contribution in [3.05, 3.63) is 114 Å². The van der Waals surface area contributed by atoms with Gasteiger partial charge in [0.05, 0.1) is 46.1 Å². The molecule has 2 unspecified atom stereocenters. The van der Waals surface area contributed by atoms with E-state index in [1.807, 2.05) is 36.2 Å². The first kappa shape index (κ1) is 28.5. The van der Waals surface area contributed by atoms with Crippen LogP contribution in [0.3, 0.4) is 0 Å². The minimum Gasteiger partial charge on any atom is -0.306 e. The molecule has 0 radical (unpaired) electrons. The van der Waals surface area contributed by atoms with Crippen molar-refractivity contribution in [2.45, 2.75) is 31.3 Å². The molecular formula is C35H35IN5OP. The van der Waals surface area contributed by atoms with Crippen molar-refractivity contribution in [3.63, 3.8) is 0 Å². The number of benzene rings is 4. The van der Waals surface area contributed by atoms with Gasteiger partial charge in [-0.05, 0) is 96.3 Å². The maximum Gasteiger partial charge on any atom is 0.325 e. The number of piperidine rings is 1. The summed E-state index contributed by atoms with van der Waals surface area (Å²) in [7, 11) is 6.88. The highest BCUT2D eigenvalue weighted by atomic mass is 127. The van der Waals surface area contributed by atoms with E-state index in [9.17, 15) is 4.79 Å². The van der Waals surface area contributed by atoms with Crippen molar-refractivity contribution in [2.24, 2.45) is 0 Å². The molecule has 0 N–H and O–H groups in total. The van der Waals surface area contributed by atoms with Gasteiger partial charge in [-0.2, -0.15) is 0 Å². The third-order valence-corrected chi connectivity index (χ3v) is 10.4. The van der Waals surface area contributed by atoms with Crippen LogP contribution in [0.25, 0.3) is 22.2 Å². The number of nitrogens with zero attached hydrogens (tertiary/aromatic N) is 5. The van der Waals surface area contributed by atoms with Crippen LogP contribution in [-0.4, -0.2) is 50.8 Å². The van der Waals surface area contributed by atoms with Crippen LogP contribution in [-0.2, 0) is 6.54 Å². The van der Waals surface area contributed by atoms with E-state index in [2.05, 4.69) is 114 Å². The fraction of sp³-hybridized carbons (Fsp3) is 0.257. The normalized spacial score (nSPS) is 17.0. The third-order valence-electron chi connectivity index (χ3n) is 9.07. The summed E-state index contributed by atoms with van der Waals surface area (Å²) < 4.78 is 2.09. The Labute approximate surface area is 269 Å². The van der Waals surface area contributed by atoms with Gasteiger partial charge in [0.25, 0.3) is 0 Å². The van der Waals surface area contributed by atoms with Crippen LogP contribution in [0.4, 0.5) is 10.5 Å². The van der Waals surface area contributed by atoms with Crippen LogP contribution in [0.2, 0.25) is 0 Å². The summed E-state index contributed by atoms with van der Waals surface area (Å²) in [5, 5.41) is 1.07. The molecule has 8 heteroatoms. The molecule has 43 heavy (non-hydrogen) atoms. The Morgan fingerprint density at radius 2 is 1.63 bits per heavy atom. The van der Waals surface area contributed by atoms with Crippen molar-refractivity contribution in [2.75, 3.05) is 32.1 Å². The maximum absolute atomic E-state index is 14.2. The molecule has 2 atom stereocenters. The number of rotatable bonds is 5. The number of carbonyl (C=O) groups is 1. The number of carbonyl (C=O) groups excluding carboxylic acids is 1. The molecule has 2 aliphatic rings. The van der Waals surface area contributed by atoms with Crippen LogP contribution in [0.5, 0.6) is 0 Å². The smallest absolute Gasteiger partial charge is 0.306 e. The summed E-state index contributed by atoms with van der Waals surface area (Å²) in [5.74, 6) is 1.48. The molecule has 2 amide bonds. The summed E-state index contributed by atoms with van der Waals surface area (Å²) in [6.07, 6.45) is 2.43. The molecule has 1 saturated heterocycles. The molecule has 1 fully saturated rings. The minimum atomic E-state index is -0.348. The second kappa shape index (κ2) is 11.7. The highest BCUT2D eigenvalue weighted by Gasteiger charge is 2.37. The zero-order valence-electron chi connectivity index (χ0n) is 24.5. The van der Waals surface area contributed by atoms with Crippen LogP contribution in [0.1, 0.15) is 47.3 Å². The van der Waals surface area contributed by atoms with Gasteiger partial charge in [0.2, 0.25) is 0 Å². The SMILES string of the molecule is CN1CCC(c2ccc(-c3ccc4c(c3)N(C)C(=O)N(C(c3cccc(P)c3)c3nc5ccccc5n3I)C4)cc2)CC1. The van der Waals surface area contributed by atoms with Gasteiger partial charge in [0.1, 0.15) is 11.9 Å². The molecule has 0 aliphatic carbocycles. The maximum atomic E-state index is 14.2. The number of anilines is 1. The Bertz CT molecular complexity index is 1810. The predicted molar refractivity (Wildman–Crippen MR) is 187 cm³/mol. The molecule has 7 rings (SSSR count). The number of amides is 2. The zero-order chi connectivity index (χ0) is 29.7. The average molecular weight is 700 g/mol. The lowest BCUT2D eigenvalue weighted by Gasteiger charge is -2.39. The molecule has 2 aliphatic heterocycles. The van der Waals surface area contributed by atoms with Crippen molar-refractivity contribution < 1.29 is 4.79 Å². The van der Waals surface area contributed by atoms with Crippen molar-refractivity contribution in [1.29, 1.82) is 0 Å². The van der Waals surface area contributed by atoms with Gasteiger partial charge >= 0.3 is 6.03 Å². The Hall–Kier alpha value is -3.26. The van der Waals surface area contributed by atoms with E-state index in [4.69, 9.17) is 4.98 Å². The number of urea groups is 1. The standard InChI is InChI=1S/C35H35IN5OP/c1-38-18-16-25(17-19-38)23-10-12-24(13-11-23)26-14-15-28-22-40(35(42)39(2)32(28)21-26)33(27-6-5-7-29(43)20-27)34-37-30-8-3-4-9-31(30)41(34)36/h3-15,20-21,25,33H,16-19,22,43H2,1-2H3. The van der Waals surface area contributed by atoms with E-state index >= 15 is 0 Å². The van der Waals surface area contributed by atoms with Crippen LogP contribution < -0.4 is 10.2 Å². The predicted octanol–water partition coefficient (Wildman–Crippen LogP) is 7.37. The Morgan fingerprint density at radius 1 is 0.884 bits per heavy atom. The minimum absolute atomic E-state index is 0.0371. The molecule has 0 bridgehead atoms. The largest absolute Gasteiger partial charge is 0.325 e. The van der Waals surface area contributed by atoms with E-state index in [1.165, 1.54) is 24.0 Å². The second-order valence-corrected chi connectivity index (χ2v) is 13.5. The number of aromatic nitrogens is 2. The molecule has 0 spiro atoms. The molecule has 1 aromatic heterocycles. The summed E-state index contributed by atoms with van der Waals surface area (Å²) in [6.45, 7) is 2.82. The number of hydrogen-bond acceptors (Lipinski definition) is 3. The van der Waals surface area contributed by atoms with Gasteiger partial charge < -0.3 is 9.80 Å². The zero-order valence-corrected chi connectivity index (χ0v) is 27.8. The molecule has 4 aromatic carbocycles. The summed E-state index contributed by atoms with van der Waals surface area (Å²) >= 11 is 2.32. The number of hydrogen-bond donors (Lipinski definition) is 0. The molecule has 218 valence electrons. The van der Waals surface area contributed by atoms with Crippen LogP contribution in [0.15, 0.2) is 91.0 Å². The topological polar surface area (TPSA) is 44.6 Å². The highest BCUT2D eigenvalue weighted by Crippen LogP contribution is 2.40. The van der Waals surface area contributed by atoms with Crippen molar-refractivity contribution in [3.8, 4) is 11.1 Å². The van der Waals surface area contributed by atoms with Gasteiger partial charge in [-0.1, -0.05) is 66.7 Å². The highest BCUT2D eigenvalue weighted by molar-refractivity contribution is 14.1. The van der Waals surface area contributed by atoms with Gasteiger partial charge in [-0.15, -0.1) is 9.24 Å². The fourth-order valence-electron chi connectivity index (χ4n) is 6.61. The van der Waals surface area contributed by atoms with Crippen LogP contribution in [0, 0.1) is 0 Å². The Morgan fingerprint density at radius 3 is 2.37 bits per heavy atom. The molecule has 5 aromatic rings. The number of halogens is 1.